The summed E-state index contributed by atoms with van der Waals surface area (Å²) in [5, 5.41) is 0. The van der Waals surface area contributed by atoms with E-state index in [0.29, 0.717) is 19.3 Å². The first kappa shape index (κ1) is 32.1. The summed E-state index contributed by atoms with van der Waals surface area (Å²) in [4.78, 5) is 35.8. The summed E-state index contributed by atoms with van der Waals surface area (Å²) < 4.78 is 5.66. The number of esters is 1. The van der Waals surface area contributed by atoms with Crippen molar-refractivity contribution in [3.8, 4) is 0 Å². The molecule has 0 fully saturated rings. The molecule has 4 nitrogen and oxygen atoms in total. The van der Waals surface area contributed by atoms with Gasteiger partial charge in [0.2, 0.25) is 0 Å². The Balaban J connectivity index is 2.45. The van der Waals surface area contributed by atoms with E-state index in [-0.39, 0.29) is 12.6 Å². The molecule has 0 bridgehead atoms. The molecule has 1 aromatic rings. The lowest BCUT2D eigenvalue weighted by molar-refractivity contribution is -0.160. The molecule has 0 aromatic heterocycles. The van der Waals surface area contributed by atoms with E-state index in [4.69, 9.17) is 4.74 Å². The summed E-state index contributed by atoms with van der Waals surface area (Å²) in [5.41, 5.74) is -0.0630. The van der Waals surface area contributed by atoms with Crippen LogP contribution in [0.4, 0.5) is 0 Å². The van der Waals surface area contributed by atoms with Crippen LogP contribution in [0.5, 0.6) is 0 Å². The molecule has 1 aromatic carbocycles. The van der Waals surface area contributed by atoms with E-state index in [2.05, 4.69) is 6.92 Å². The summed E-state index contributed by atoms with van der Waals surface area (Å²) >= 11 is 0. The van der Waals surface area contributed by atoms with Crippen LogP contribution in [0.2, 0.25) is 0 Å². The molecule has 36 heavy (non-hydrogen) atoms. The van der Waals surface area contributed by atoms with E-state index in [1.807, 2.05) is 30.3 Å². The molecule has 0 saturated heterocycles. The second-order valence-electron chi connectivity index (χ2n) is 10.4. The zero-order valence-corrected chi connectivity index (χ0v) is 23.0. The normalized spacial score (nSPS) is 12.7. The maximum atomic E-state index is 13.1. The number of benzene rings is 1. The van der Waals surface area contributed by atoms with Gasteiger partial charge in [0.25, 0.3) is 0 Å². The molecular formula is C32H52O4. The number of rotatable bonds is 25. The van der Waals surface area contributed by atoms with Crippen molar-refractivity contribution in [2.75, 3.05) is 0 Å². The van der Waals surface area contributed by atoms with Crippen molar-refractivity contribution in [2.24, 2.45) is 5.41 Å². The highest BCUT2D eigenvalue weighted by Crippen LogP contribution is 2.32. The fourth-order valence-corrected chi connectivity index (χ4v) is 4.84. The van der Waals surface area contributed by atoms with Crippen molar-refractivity contribution in [1.82, 2.24) is 0 Å². The van der Waals surface area contributed by atoms with Gasteiger partial charge < -0.3 is 14.3 Å². The lowest BCUT2D eigenvalue weighted by atomic mass is 9.79. The molecule has 0 aliphatic heterocycles. The third kappa shape index (κ3) is 15.2. The predicted octanol–water partition coefficient (Wildman–Crippen LogP) is 8.94. The van der Waals surface area contributed by atoms with Gasteiger partial charge >= 0.3 is 5.97 Å². The van der Waals surface area contributed by atoms with Crippen molar-refractivity contribution in [3.05, 3.63) is 35.9 Å². The first-order valence-electron chi connectivity index (χ1n) is 14.8. The molecule has 1 atom stereocenters. The topological polar surface area (TPSA) is 60.4 Å². The Labute approximate surface area is 221 Å². The van der Waals surface area contributed by atoms with Crippen molar-refractivity contribution in [2.45, 2.75) is 142 Å². The number of hydrogen-bond donors (Lipinski definition) is 0. The minimum absolute atomic E-state index is 0.219. The minimum Gasteiger partial charge on any atom is -0.460 e. The van der Waals surface area contributed by atoms with E-state index >= 15 is 0 Å². The highest BCUT2D eigenvalue weighted by molar-refractivity contribution is 5.93. The highest BCUT2D eigenvalue weighted by Gasteiger charge is 2.38. The van der Waals surface area contributed by atoms with Gasteiger partial charge in [-0.05, 0) is 24.8 Å². The zero-order valence-electron chi connectivity index (χ0n) is 23.0. The Morgan fingerprint density at radius 2 is 1.17 bits per heavy atom. The van der Waals surface area contributed by atoms with E-state index in [0.717, 1.165) is 63.1 Å². The van der Waals surface area contributed by atoms with Gasteiger partial charge in [0.05, 0.1) is 0 Å². The Morgan fingerprint density at radius 3 is 1.64 bits per heavy atom. The first-order chi connectivity index (χ1) is 17.7. The number of carbonyl (C=O) groups excluding carboxylic acids is 3. The van der Waals surface area contributed by atoms with Crippen LogP contribution in [0.1, 0.15) is 141 Å². The Bertz CT molecular complexity index is 672. The van der Waals surface area contributed by atoms with Gasteiger partial charge in [-0.15, -0.1) is 0 Å². The van der Waals surface area contributed by atoms with Gasteiger partial charge in [-0.1, -0.05) is 140 Å². The maximum absolute atomic E-state index is 13.1. The molecule has 1 rings (SSSR count). The predicted molar refractivity (Wildman–Crippen MR) is 149 cm³/mol. The molecule has 0 aliphatic rings. The lowest BCUT2D eigenvalue weighted by Gasteiger charge is -2.26. The fourth-order valence-electron chi connectivity index (χ4n) is 4.84. The van der Waals surface area contributed by atoms with Crippen LogP contribution in [-0.4, -0.2) is 18.5 Å². The van der Waals surface area contributed by atoms with Crippen LogP contribution in [-0.2, 0) is 25.7 Å². The van der Waals surface area contributed by atoms with Crippen LogP contribution in [0.3, 0.4) is 0 Å². The molecular weight excluding hydrogens is 448 g/mol. The monoisotopic (exact) mass is 500 g/mol. The molecule has 0 aliphatic carbocycles. The number of aldehydes is 2. The smallest absolute Gasteiger partial charge is 0.319 e. The molecule has 204 valence electrons. The van der Waals surface area contributed by atoms with Crippen molar-refractivity contribution >= 4 is 18.5 Å². The van der Waals surface area contributed by atoms with Gasteiger partial charge in [0.15, 0.2) is 0 Å². The second-order valence-corrected chi connectivity index (χ2v) is 10.4. The molecule has 1 unspecified atom stereocenters. The quantitative estimate of drug-likeness (QED) is 0.0582. The van der Waals surface area contributed by atoms with Crippen molar-refractivity contribution in [3.63, 3.8) is 0 Å². The molecule has 0 heterocycles. The van der Waals surface area contributed by atoms with Crippen LogP contribution < -0.4 is 0 Å². The highest BCUT2D eigenvalue weighted by atomic mass is 16.5. The van der Waals surface area contributed by atoms with E-state index in [9.17, 15) is 14.4 Å². The number of unbranched alkanes of at least 4 members (excludes halogenated alkanes) is 16. The molecule has 0 amide bonds. The summed E-state index contributed by atoms with van der Waals surface area (Å²) in [6, 6.07) is 9.68. The summed E-state index contributed by atoms with van der Waals surface area (Å²) in [6.07, 6.45) is 23.4. The van der Waals surface area contributed by atoms with Gasteiger partial charge in [-0.25, -0.2) is 0 Å². The van der Waals surface area contributed by atoms with E-state index < -0.39 is 5.41 Å². The first-order valence-corrected chi connectivity index (χ1v) is 14.8. The summed E-state index contributed by atoms with van der Waals surface area (Å²) in [6.45, 7) is 2.46. The fraction of sp³-hybridized carbons (Fsp3) is 0.719. The van der Waals surface area contributed by atoms with E-state index in [1.165, 1.54) is 64.2 Å². The number of carbonyl (C=O) groups is 3. The SMILES string of the molecule is CCCCCCCCCCCC(C=O)(CCCCCCCCCCC=O)C(=O)OCc1ccccc1. The number of hydrogen-bond acceptors (Lipinski definition) is 4. The van der Waals surface area contributed by atoms with Gasteiger partial charge in [0, 0.05) is 6.42 Å². The zero-order chi connectivity index (χ0) is 26.2. The van der Waals surface area contributed by atoms with Gasteiger partial charge in [0.1, 0.15) is 24.6 Å². The largest absolute Gasteiger partial charge is 0.460 e. The summed E-state index contributed by atoms with van der Waals surface area (Å²) in [7, 11) is 0. The van der Waals surface area contributed by atoms with Crippen LogP contribution in [0.15, 0.2) is 30.3 Å². The summed E-state index contributed by atoms with van der Waals surface area (Å²) in [5.74, 6) is -0.351. The van der Waals surface area contributed by atoms with Crippen molar-refractivity contribution < 1.29 is 19.1 Å². The maximum Gasteiger partial charge on any atom is 0.319 e. The lowest BCUT2D eigenvalue weighted by Crippen LogP contribution is -2.35. The van der Waals surface area contributed by atoms with Crippen LogP contribution >= 0.6 is 0 Å². The molecule has 4 heteroatoms. The number of ether oxygens (including phenoxy) is 1. The Kier molecular flexibility index (Phi) is 19.8. The third-order valence-electron chi connectivity index (χ3n) is 7.27. The van der Waals surface area contributed by atoms with Crippen LogP contribution in [0, 0.1) is 5.41 Å². The molecule has 0 N–H and O–H groups in total. The van der Waals surface area contributed by atoms with Crippen LogP contribution in [0.25, 0.3) is 0 Å². The second kappa shape index (κ2) is 22.2. The standard InChI is InChI=1S/C32H52O4/c1-2-3-4-5-6-8-11-14-20-25-32(29-34,31(35)36-28-30-23-18-17-19-24-30)26-21-15-12-9-7-10-13-16-22-27-33/h17-19,23-24,27,29H,2-16,20-22,25-26,28H2,1H3. The van der Waals surface area contributed by atoms with Crippen molar-refractivity contribution in [1.29, 1.82) is 0 Å². The third-order valence-corrected chi connectivity index (χ3v) is 7.27. The Morgan fingerprint density at radius 1 is 0.694 bits per heavy atom. The van der Waals surface area contributed by atoms with Gasteiger partial charge in [-0.3, -0.25) is 4.79 Å². The van der Waals surface area contributed by atoms with E-state index in [1.54, 1.807) is 0 Å². The average molecular weight is 501 g/mol. The molecule has 0 spiro atoms. The average Bonchev–Trinajstić information content (AvgIpc) is 2.91. The minimum atomic E-state index is -1.01. The molecule has 0 radical (unpaired) electrons. The molecule has 0 saturated carbocycles. The van der Waals surface area contributed by atoms with Gasteiger partial charge in [-0.2, -0.15) is 0 Å². The Hall–Kier alpha value is -1.97.